The molecular weight excluding hydrogens is 170 g/mol. The van der Waals surface area contributed by atoms with Crippen LogP contribution in [-0.4, -0.2) is 36.7 Å². The van der Waals surface area contributed by atoms with Gasteiger partial charge >= 0.3 is 0 Å². The molecule has 3 N–H and O–H groups in total. The molecule has 0 aromatic heterocycles. The minimum atomic E-state index is 0.425. The first-order chi connectivity index (χ1) is 5.68. The van der Waals surface area contributed by atoms with Crippen molar-refractivity contribution in [1.82, 2.24) is 10.2 Å². The molecule has 70 valence electrons. The van der Waals surface area contributed by atoms with Crippen LogP contribution in [0.25, 0.3) is 0 Å². The van der Waals surface area contributed by atoms with E-state index in [2.05, 4.69) is 17.3 Å². The standard InChI is InChI=1S/C8H17N3S/c1-11-4-2-7(3-5-11)6-10-8(9)12/h7H,2-6H2,1H3,(H3,9,10,12). The number of nitrogens with two attached hydrogens (primary N) is 1. The number of nitrogens with zero attached hydrogens (tertiary/aromatic N) is 1. The molecule has 1 saturated heterocycles. The molecule has 0 unspecified atom stereocenters. The Hall–Kier alpha value is -0.350. The van der Waals surface area contributed by atoms with Gasteiger partial charge in [0, 0.05) is 6.54 Å². The van der Waals surface area contributed by atoms with Crippen molar-refractivity contribution in [2.75, 3.05) is 26.7 Å². The fraction of sp³-hybridized carbons (Fsp3) is 0.875. The molecule has 1 aliphatic heterocycles. The van der Waals surface area contributed by atoms with Crippen molar-refractivity contribution in [3.63, 3.8) is 0 Å². The first kappa shape index (κ1) is 9.74. The van der Waals surface area contributed by atoms with Gasteiger partial charge in [0.2, 0.25) is 0 Å². The van der Waals surface area contributed by atoms with Crippen molar-refractivity contribution >= 4 is 17.3 Å². The Balaban J connectivity index is 2.13. The van der Waals surface area contributed by atoms with Gasteiger partial charge in [-0.15, -0.1) is 0 Å². The van der Waals surface area contributed by atoms with Crippen LogP contribution < -0.4 is 11.1 Å². The van der Waals surface area contributed by atoms with Crippen molar-refractivity contribution in [2.45, 2.75) is 12.8 Å². The third kappa shape index (κ3) is 3.36. The molecule has 0 radical (unpaired) electrons. The highest BCUT2D eigenvalue weighted by Gasteiger charge is 2.15. The van der Waals surface area contributed by atoms with Crippen molar-refractivity contribution < 1.29 is 0 Å². The maximum absolute atomic E-state index is 5.35. The summed E-state index contributed by atoms with van der Waals surface area (Å²) in [6, 6.07) is 0. The van der Waals surface area contributed by atoms with E-state index in [0.717, 1.165) is 12.5 Å². The second-order valence-corrected chi connectivity index (χ2v) is 3.93. The zero-order valence-electron chi connectivity index (χ0n) is 7.55. The van der Waals surface area contributed by atoms with E-state index in [0.29, 0.717) is 5.11 Å². The van der Waals surface area contributed by atoms with E-state index in [1.165, 1.54) is 25.9 Å². The second kappa shape index (κ2) is 4.62. The molecule has 3 nitrogen and oxygen atoms in total. The molecule has 0 aliphatic carbocycles. The molecule has 0 saturated carbocycles. The Kier molecular flexibility index (Phi) is 3.75. The molecule has 1 fully saturated rings. The molecule has 4 heteroatoms. The summed E-state index contributed by atoms with van der Waals surface area (Å²) >= 11 is 4.74. The van der Waals surface area contributed by atoms with Crippen molar-refractivity contribution in [2.24, 2.45) is 11.7 Å². The molecule has 1 aliphatic rings. The average molecular weight is 187 g/mol. The normalized spacial score (nSPS) is 20.8. The number of hydrogen-bond donors (Lipinski definition) is 2. The minimum Gasteiger partial charge on any atom is -0.376 e. The first-order valence-corrected chi connectivity index (χ1v) is 4.81. The predicted molar refractivity (Wildman–Crippen MR) is 55.0 cm³/mol. The molecular formula is C8H17N3S. The summed E-state index contributed by atoms with van der Waals surface area (Å²) in [7, 11) is 2.16. The van der Waals surface area contributed by atoms with Crippen LogP contribution in [0.15, 0.2) is 0 Å². The summed E-state index contributed by atoms with van der Waals surface area (Å²) in [5.74, 6) is 0.752. The molecule has 0 spiro atoms. The lowest BCUT2D eigenvalue weighted by atomic mass is 9.97. The average Bonchev–Trinajstić information content (AvgIpc) is 2.03. The Morgan fingerprint density at radius 1 is 1.58 bits per heavy atom. The number of piperidine rings is 1. The van der Waals surface area contributed by atoms with Gasteiger partial charge in [0.05, 0.1) is 0 Å². The molecule has 0 aromatic carbocycles. The summed E-state index contributed by atoms with van der Waals surface area (Å²) in [6.07, 6.45) is 2.51. The van der Waals surface area contributed by atoms with E-state index in [1.807, 2.05) is 0 Å². The van der Waals surface area contributed by atoms with Gasteiger partial charge in [0.15, 0.2) is 5.11 Å². The zero-order valence-corrected chi connectivity index (χ0v) is 8.36. The summed E-state index contributed by atoms with van der Waals surface area (Å²) in [6.45, 7) is 3.34. The van der Waals surface area contributed by atoms with Gasteiger partial charge in [-0.2, -0.15) is 0 Å². The van der Waals surface area contributed by atoms with E-state index in [9.17, 15) is 0 Å². The van der Waals surface area contributed by atoms with Crippen molar-refractivity contribution in [3.8, 4) is 0 Å². The minimum absolute atomic E-state index is 0.425. The Morgan fingerprint density at radius 2 is 2.17 bits per heavy atom. The van der Waals surface area contributed by atoms with Crippen LogP contribution in [-0.2, 0) is 0 Å². The van der Waals surface area contributed by atoms with Crippen LogP contribution in [0.5, 0.6) is 0 Å². The molecule has 0 amide bonds. The fourth-order valence-corrected chi connectivity index (χ4v) is 1.59. The number of nitrogens with one attached hydrogen (secondary N) is 1. The maximum Gasteiger partial charge on any atom is 0.163 e. The lowest BCUT2D eigenvalue weighted by molar-refractivity contribution is 0.220. The lowest BCUT2D eigenvalue weighted by Crippen LogP contribution is -2.38. The lowest BCUT2D eigenvalue weighted by Gasteiger charge is -2.28. The number of thiocarbonyl (C=S) groups is 1. The van der Waals surface area contributed by atoms with Gasteiger partial charge in [-0.1, -0.05) is 0 Å². The number of hydrogen-bond acceptors (Lipinski definition) is 2. The van der Waals surface area contributed by atoms with E-state index in [4.69, 9.17) is 18.0 Å². The summed E-state index contributed by atoms with van der Waals surface area (Å²) in [5, 5.41) is 3.45. The van der Waals surface area contributed by atoms with Crippen LogP contribution >= 0.6 is 12.2 Å². The van der Waals surface area contributed by atoms with Gasteiger partial charge in [-0.25, -0.2) is 0 Å². The number of rotatable bonds is 2. The third-order valence-corrected chi connectivity index (χ3v) is 2.55. The summed E-state index contributed by atoms with van der Waals surface area (Å²) in [4.78, 5) is 2.36. The smallest absolute Gasteiger partial charge is 0.163 e. The van der Waals surface area contributed by atoms with Gasteiger partial charge in [-0.05, 0) is 51.1 Å². The van der Waals surface area contributed by atoms with E-state index in [-0.39, 0.29) is 0 Å². The van der Waals surface area contributed by atoms with E-state index < -0.39 is 0 Å². The maximum atomic E-state index is 5.35. The van der Waals surface area contributed by atoms with Gasteiger partial charge in [0.25, 0.3) is 0 Å². The predicted octanol–water partition coefficient (Wildman–Crippen LogP) is 0.161. The quantitative estimate of drug-likeness (QED) is 0.604. The molecule has 0 atom stereocenters. The highest BCUT2D eigenvalue weighted by Crippen LogP contribution is 2.14. The Bertz CT molecular complexity index is 152. The molecule has 1 rings (SSSR count). The van der Waals surface area contributed by atoms with Crippen LogP contribution in [0.3, 0.4) is 0 Å². The van der Waals surface area contributed by atoms with Gasteiger partial charge in [-0.3, -0.25) is 0 Å². The zero-order chi connectivity index (χ0) is 8.97. The van der Waals surface area contributed by atoms with Gasteiger partial charge in [0.1, 0.15) is 0 Å². The van der Waals surface area contributed by atoms with Crippen LogP contribution in [0, 0.1) is 5.92 Å². The largest absolute Gasteiger partial charge is 0.376 e. The highest BCUT2D eigenvalue weighted by atomic mass is 32.1. The van der Waals surface area contributed by atoms with Crippen LogP contribution in [0.1, 0.15) is 12.8 Å². The first-order valence-electron chi connectivity index (χ1n) is 4.40. The molecule has 12 heavy (non-hydrogen) atoms. The topological polar surface area (TPSA) is 41.3 Å². The van der Waals surface area contributed by atoms with Gasteiger partial charge < -0.3 is 16.0 Å². The summed E-state index contributed by atoms with van der Waals surface area (Å²) in [5.41, 5.74) is 5.35. The summed E-state index contributed by atoms with van der Waals surface area (Å²) < 4.78 is 0. The van der Waals surface area contributed by atoms with E-state index in [1.54, 1.807) is 0 Å². The van der Waals surface area contributed by atoms with Crippen LogP contribution in [0.2, 0.25) is 0 Å². The number of likely N-dealkylation sites (tertiary alicyclic amines) is 1. The SMILES string of the molecule is CN1CCC(CNC(N)=S)CC1. The molecule has 1 heterocycles. The van der Waals surface area contributed by atoms with Crippen molar-refractivity contribution in [1.29, 1.82) is 0 Å². The van der Waals surface area contributed by atoms with Crippen LogP contribution in [0.4, 0.5) is 0 Å². The fourth-order valence-electron chi connectivity index (χ4n) is 1.51. The second-order valence-electron chi connectivity index (χ2n) is 3.49. The van der Waals surface area contributed by atoms with Crippen molar-refractivity contribution in [3.05, 3.63) is 0 Å². The Morgan fingerprint density at radius 3 is 2.67 bits per heavy atom. The highest BCUT2D eigenvalue weighted by molar-refractivity contribution is 7.80. The monoisotopic (exact) mass is 187 g/mol. The third-order valence-electron chi connectivity index (χ3n) is 2.40. The molecule has 0 aromatic rings. The Labute approximate surface area is 79.3 Å². The molecule has 0 bridgehead atoms. The van der Waals surface area contributed by atoms with E-state index >= 15 is 0 Å².